The second-order valence-electron chi connectivity index (χ2n) is 6.68. The minimum Gasteiger partial charge on any atom is -0.335 e. The average Bonchev–Trinajstić information content (AvgIpc) is 3.05. The lowest BCUT2D eigenvalue weighted by atomic mass is 9.81. The Hall–Kier alpha value is -2.47. The lowest BCUT2D eigenvalue weighted by Gasteiger charge is -2.27. The van der Waals surface area contributed by atoms with Gasteiger partial charge in [0, 0.05) is 34.2 Å². The van der Waals surface area contributed by atoms with Gasteiger partial charge in [0.15, 0.2) is 11.6 Å². The molecular formula is C19H17N3O2S. The molecule has 0 atom stereocenters. The molecule has 5 nitrogen and oxygen atoms in total. The van der Waals surface area contributed by atoms with Crippen LogP contribution in [0.25, 0.3) is 17.0 Å². The van der Waals surface area contributed by atoms with E-state index in [0.29, 0.717) is 28.4 Å². The normalized spacial score (nSPS) is 18.4. The lowest BCUT2D eigenvalue weighted by Crippen LogP contribution is -2.36. The summed E-state index contributed by atoms with van der Waals surface area (Å²) >= 11 is 1.67. The highest BCUT2D eigenvalue weighted by Crippen LogP contribution is 2.36. The Morgan fingerprint density at radius 1 is 1.16 bits per heavy atom. The summed E-state index contributed by atoms with van der Waals surface area (Å²) < 4.78 is 0. The van der Waals surface area contributed by atoms with Crippen LogP contribution in [0.15, 0.2) is 39.7 Å². The van der Waals surface area contributed by atoms with Crippen molar-refractivity contribution >= 4 is 35.1 Å². The summed E-state index contributed by atoms with van der Waals surface area (Å²) in [5.74, 6) is 0.427. The molecule has 0 fully saturated rings. The van der Waals surface area contributed by atoms with Gasteiger partial charge >= 0.3 is 0 Å². The van der Waals surface area contributed by atoms with Gasteiger partial charge in [-0.15, -0.1) is 11.8 Å². The number of allylic oxidation sites excluding steroid dienone is 1. The number of dihydropyridines is 1. The predicted octanol–water partition coefficient (Wildman–Crippen LogP) is 3.57. The molecule has 0 amide bonds. The standard InChI is InChI=1S/C19H17N3O2S/c1-19(2)17(24)12-8-14(23)16-15(13(12)9-20-19)21-18(22-16)10-4-6-11(25-3)7-5-10/h4-7,9H,8H2,1-3H3,(H,21,22). The van der Waals surface area contributed by atoms with Crippen LogP contribution in [0.3, 0.4) is 0 Å². The summed E-state index contributed by atoms with van der Waals surface area (Å²) in [4.78, 5) is 38.4. The summed E-state index contributed by atoms with van der Waals surface area (Å²) in [6, 6.07) is 7.97. The quantitative estimate of drug-likeness (QED) is 0.839. The van der Waals surface area contributed by atoms with Crippen LogP contribution in [0.5, 0.6) is 0 Å². The molecule has 2 heterocycles. The average molecular weight is 351 g/mol. The number of ketones is 2. The first kappa shape index (κ1) is 16.0. The predicted molar refractivity (Wildman–Crippen MR) is 99.3 cm³/mol. The molecule has 1 aromatic heterocycles. The highest BCUT2D eigenvalue weighted by molar-refractivity contribution is 7.98. The van der Waals surface area contributed by atoms with Crippen LogP contribution in [-0.2, 0) is 4.79 Å². The largest absolute Gasteiger partial charge is 0.335 e. The number of nitrogens with zero attached hydrogens (tertiary/aromatic N) is 2. The Balaban J connectivity index is 1.82. The monoisotopic (exact) mass is 351 g/mol. The summed E-state index contributed by atoms with van der Waals surface area (Å²) in [6.45, 7) is 3.53. The Morgan fingerprint density at radius 3 is 2.56 bits per heavy atom. The number of carbonyl (C=O) groups excluding carboxylic acids is 2. The molecule has 0 radical (unpaired) electrons. The molecule has 0 saturated carbocycles. The van der Waals surface area contributed by atoms with Gasteiger partial charge in [-0.2, -0.15) is 0 Å². The van der Waals surface area contributed by atoms with E-state index in [2.05, 4.69) is 15.0 Å². The van der Waals surface area contributed by atoms with Gasteiger partial charge in [-0.05, 0) is 32.2 Å². The fraction of sp³-hybridized carbons (Fsp3) is 0.263. The van der Waals surface area contributed by atoms with E-state index in [-0.39, 0.29) is 18.0 Å². The number of Topliss-reactive ketones (excluding diaryl/α,β-unsaturated/α-hetero) is 2. The van der Waals surface area contributed by atoms with E-state index in [4.69, 9.17) is 0 Å². The third-order valence-electron chi connectivity index (χ3n) is 4.61. The molecule has 2 aliphatic rings. The number of aromatic amines is 1. The molecule has 25 heavy (non-hydrogen) atoms. The number of carbonyl (C=O) groups is 2. The minimum absolute atomic E-state index is 0.0992. The van der Waals surface area contributed by atoms with Gasteiger partial charge in [0.1, 0.15) is 22.8 Å². The number of aromatic nitrogens is 2. The third kappa shape index (κ3) is 2.48. The number of imidazole rings is 1. The van der Waals surface area contributed by atoms with E-state index in [1.807, 2.05) is 30.5 Å². The number of H-pyrrole nitrogens is 1. The summed E-state index contributed by atoms with van der Waals surface area (Å²) in [5, 5.41) is 0. The molecule has 0 unspecified atom stereocenters. The van der Waals surface area contributed by atoms with Gasteiger partial charge in [0.2, 0.25) is 0 Å². The van der Waals surface area contributed by atoms with E-state index in [1.165, 1.54) is 0 Å². The van der Waals surface area contributed by atoms with E-state index in [1.54, 1.807) is 31.8 Å². The van der Waals surface area contributed by atoms with Crippen molar-refractivity contribution in [2.75, 3.05) is 6.26 Å². The number of benzene rings is 1. The molecule has 0 bridgehead atoms. The van der Waals surface area contributed by atoms with Crippen LogP contribution in [0.2, 0.25) is 0 Å². The van der Waals surface area contributed by atoms with Crippen molar-refractivity contribution in [1.82, 2.24) is 9.97 Å². The smallest absolute Gasteiger partial charge is 0.186 e. The van der Waals surface area contributed by atoms with Crippen LogP contribution >= 0.6 is 11.8 Å². The van der Waals surface area contributed by atoms with Gasteiger partial charge in [0.05, 0.1) is 0 Å². The molecule has 1 aliphatic carbocycles. The molecule has 2 aromatic rings. The Labute approximate surface area is 149 Å². The van der Waals surface area contributed by atoms with Crippen molar-refractivity contribution in [3.63, 3.8) is 0 Å². The van der Waals surface area contributed by atoms with Crippen molar-refractivity contribution in [3.05, 3.63) is 41.2 Å². The second kappa shape index (κ2) is 5.52. The number of hydrogen-bond donors (Lipinski definition) is 1. The van der Waals surface area contributed by atoms with Crippen LogP contribution in [0.4, 0.5) is 0 Å². The number of aliphatic imine (C=N–C) groups is 1. The maximum absolute atomic E-state index is 12.6. The Morgan fingerprint density at radius 2 is 1.88 bits per heavy atom. The van der Waals surface area contributed by atoms with E-state index >= 15 is 0 Å². The Bertz CT molecular complexity index is 965. The fourth-order valence-electron chi connectivity index (χ4n) is 3.14. The van der Waals surface area contributed by atoms with Crippen molar-refractivity contribution in [1.29, 1.82) is 0 Å². The zero-order valence-electron chi connectivity index (χ0n) is 14.2. The molecule has 1 N–H and O–H groups in total. The first-order valence-corrected chi connectivity index (χ1v) is 9.24. The molecular weight excluding hydrogens is 334 g/mol. The van der Waals surface area contributed by atoms with Gasteiger partial charge in [-0.1, -0.05) is 12.1 Å². The molecule has 0 saturated heterocycles. The minimum atomic E-state index is -0.816. The van der Waals surface area contributed by atoms with E-state index in [9.17, 15) is 9.59 Å². The number of thioether (sulfide) groups is 1. The molecule has 1 aliphatic heterocycles. The maximum atomic E-state index is 12.6. The van der Waals surface area contributed by atoms with Crippen molar-refractivity contribution < 1.29 is 9.59 Å². The number of hydrogen-bond acceptors (Lipinski definition) is 5. The summed E-state index contributed by atoms with van der Waals surface area (Å²) in [7, 11) is 0. The Kier molecular flexibility index (Phi) is 3.54. The second-order valence-corrected chi connectivity index (χ2v) is 7.56. The van der Waals surface area contributed by atoms with Crippen LogP contribution in [-0.4, -0.2) is 39.5 Å². The van der Waals surface area contributed by atoms with Crippen molar-refractivity contribution in [2.24, 2.45) is 4.99 Å². The zero-order valence-corrected chi connectivity index (χ0v) is 15.0. The van der Waals surface area contributed by atoms with Gasteiger partial charge in [-0.25, -0.2) is 4.98 Å². The SMILES string of the molecule is CSc1ccc(-c2nc3c([nH]2)C(=O)CC2=C3C=NC(C)(C)C2=O)cc1. The highest BCUT2D eigenvalue weighted by atomic mass is 32.2. The third-order valence-corrected chi connectivity index (χ3v) is 5.35. The fourth-order valence-corrected chi connectivity index (χ4v) is 3.55. The molecule has 126 valence electrons. The maximum Gasteiger partial charge on any atom is 0.186 e. The summed E-state index contributed by atoms with van der Waals surface area (Å²) in [6.07, 6.45) is 3.81. The highest BCUT2D eigenvalue weighted by Gasteiger charge is 2.39. The summed E-state index contributed by atoms with van der Waals surface area (Å²) in [5.41, 5.74) is 2.27. The molecule has 4 rings (SSSR count). The van der Waals surface area contributed by atoms with Crippen LogP contribution in [0, 0.1) is 0 Å². The van der Waals surface area contributed by atoms with Crippen LogP contribution in [0.1, 0.15) is 36.5 Å². The lowest BCUT2D eigenvalue weighted by molar-refractivity contribution is -0.119. The number of nitrogens with one attached hydrogen (secondary N) is 1. The molecule has 6 heteroatoms. The van der Waals surface area contributed by atoms with Crippen molar-refractivity contribution in [3.8, 4) is 11.4 Å². The van der Waals surface area contributed by atoms with Crippen LogP contribution < -0.4 is 0 Å². The van der Waals surface area contributed by atoms with Gasteiger partial charge < -0.3 is 4.98 Å². The topological polar surface area (TPSA) is 75.2 Å². The number of rotatable bonds is 2. The molecule has 0 spiro atoms. The zero-order chi connectivity index (χ0) is 17.8. The van der Waals surface area contributed by atoms with E-state index < -0.39 is 5.54 Å². The van der Waals surface area contributed by atoms with Crippen molar-refractivity contribution in [2.45, 2.75) is 30.7 Å². The first-order valence-electron chi connectivity index (χ1n) is 8.02. The van der Waals surface area contributed by atoms with Gasteiger partial charge in [0.25, 0.3) is 0 Å². The molecule has 1 aromatic carbocycles. The number of fused-ring (bicyclic) bond motifs is 2. The van der Waals surface area contributed by atoms with Gasteiger partial charge in [-0.3, -0.25) is 14.6 Å². The van der Waals surface area contributed by atoms with E-state index in [0.717, 1.165) is 10.5 Å². The first-order chi connectivity index (χ1) is 11.9.